The van der Waals surface area contributed by atoms with Crippen molar-refractivity contribution >= 4 is 5.91 Å². The van der Waals surface area contributed by atoms with E-state index in [4.69, 9.17) is 10.8 Å². The zero-order valence-electron chi connectivity index (χ0n) is 7.34. The number of rotatable bonds is 4. The van der Waals surface area contributed by atoms with E-state index in [9.17, 15) is 4.79 Å². The van der Waals surface area contributed by atoms with Gasteiger partial charge in [0.25, 0.3) is 0 Å². The number of amides is 1. The van der Waals surface area contributed by atoms with Gasteiger partial charge in [-0.1, -0.05) is 6.92 Å². The average molecular weight is 172 g/mol. The van der Waals surface area contributed by atoms with E-state index in [0.29, 0.717) is 13.0 Å². The molecule has 4 nitrogen and oxygen atoms in total. The maximum atomic E-state index is 11.2. The molecule has 0 radical (unpaired) electrons. The number of nitrogens with one attached hydrogen (secondary N) is 1. The summed E-state index contributed by atoms with van der Waals surface area (Å²) in [5.74, 6) is -0.130. The van der Waals surface area contributed by atoms with Crippen LogP contribution >= 0.6 is 0 Å². The van der Waals surface area contributed by atoms with Crippen LogP contribution in [0, 0.1) is 0 Å². The summed E-state index contributed by atoms with van der Waals surface area (Å²) in [4.78, 5) is 11.2. The molecule has 0 aromatic heterocycles. The standard InChI is InChI=1S/C8H16N2O2/c1-2-6(11)5-10-7(12)8(9)3-4-8/h6,11H,2-5,9H2,1H3,(H,10,12). The molecule has 0 heterocycles. The van der Waals surface area contributed by atoms with E-state index in [0.717, 1.165) is 12.8 Å². The van der Waals surface area contributed by atoms with Crippen molar-refractivity contribution in [3.05, 3.63) is 0 Å². The second-order valence-electron chi connectivity index (χ2n) is 3.43. The van der Waals surface area contributed by atoms with Crippen molar-refractivity contribution in [2.45, 2.75) is 37.8 Å². The minimum Gasteiger partial charge on any atom is -0.391 e. The monoisotopic (exact) mass is 172 g/mol. The minimum atomic E-state index is -0.618. The molecular formula is C8H16N2O2. The van der Waals surface area contributed by atoms with Gasteiger partial charge in [0.15, 0.2) is 0 Å². The molecule has 0 aromatic rings. The summed E-state index contributed by atoms with van der Waals surface area (Å²) < 4.78 is 0. The number of hydrogen-bond donors (Lipinski definition) is 3. The lowest BCUT2D eigenvalue weighted by Gasteiger charge is -2.12. The molecule has 4 heteroatoms. The molecule has 0 aliphatic heterocycles. The Hall–Kier alpha value is -0.610. The fourth-order valence-corrected chi connectivity index (χ4v) is 0.893. The Labute approximate surface area is 72.1 Å². The van der Waals surface area contributed by atoms with E-state index >= 15 is 0 Å². The predicted octanol–water partition coefficient (Wildman–Crippen LogP) is -0.635. The summed E-state index contributed by atoms with van der Waals surface area (Å²) in [6.45, 7) is 2.18. The first-order valence-corrected chi connectivity index (χ1v) is 4.34. The van der Waals surface area contributed by atoms with Crippen molar-refractivity contribution in [1.29, 1.82) is 0 Å². The molecule has 12 heavy (non-hydrogen) atoms. The van der Waals surface area contributed by atoms with Gasteiger partial charge in [0.2, 0.25) is 5.91 Å². The van der Waals surface area contributed by atoms with Crippen LogP contribution in [0.25, 0.3) is 0 Å². The van der Waals surface area contributed by atoms with Crippen molar-refractivity contribution in [3.63, 3.8) is 0 Å². The van der Waals surface area contributed by atoms with Gasteiger partial charge in [-0.2, -0.15) is 0 Å². The summed E-state index contributed by atoms with van der Waals surface area (Å²) in [5.41, 5.74) is 5.01. The first-order valence-electron chi connectivity index (χ1n) is 4.34. The fourth-order valence-electron chi connectivity index (χ4n) is 0.893. The number of aliphatic hydroxyl groups is 1. The van der Waals surface area contributed by atoms with E-state index in [2.05, 4.69) is 5.32 Å². The van der Waals surface area contributed by atoms with Crippen molar-refractivity contribution in [2.24, 2.45) is 5.73 Å². The van der Waals surface area contributed by atoms with Gasteiger partial charge in [0.1, 0.15) is 0 Å². The van der Waals surface area contributed by atoms with Gasteiger partial charge in [-0.05, 0) is 19.3 Å². The topological polar surface area (TPSA) is 75.3 Å². The predicted molar refractivity (Wildman–Crippen MR) is 45.5 cm³/mol. The molecule has 1 amide bonds. The van der Waals surface area contributed by atoms with Crippen LogP contribution in [-0.4, -0.2) is 29.2 Å². The largest absolute Gasteiger partial charge is 0.391 e. The Morgan fingerprint density at radius 1 is 1.75 bits per heavy atom. The van der Waals surface area contributed by atoms with Crippen LogP contribution in [0.1, 0.15) is 26.2 Å². The second kappa shape index (κ2) is 3.41. The normalized spacial score (nSPS) is 21.6. The summed E-state index contributed by atoms with van der Waals surface area (Å²) in [6, 6.07) is 0. The van der Waals surface area contributed by atoms with Gasteiger partial charge in [-0.3, -0.25) is 4.79 Å². The van der Waals surface area contributed by atoms with Crippen LogP contribution in [0.4, 0.5) is 0 Å². The summed E-state index contributed by atoms with van der Waals surface area (Å²) in [6.07, 6.45) is 1.73. The van der Waals surface area contributed by atoms with Gasteiger partial charge < -0.3 is 16.2 Å². The van der Waals surface area contributed by atoms with Crippen LogP contribution in [0.2, 0.25) is 0 Å². The zero-order chi connectivity index (χ0) is 9.19. The number of nitrogens with two attached hydrogens (primary N) is 1. The van der Waals surface area contributed by atoms with Crippen molar-refractivity contribution in [2.75, 3.05) is 6.54 Å². The quantitative estimate of drug-likeness (QED) is 0.528. The lowest BCUT2D eigenvalue weighted by molar-refractivity contribution is -0.123. The van der Waals surface area contributed by atoms with Crippen LogP contribution in [0.5, 0.6) is 0 Å². The molecule has 1 atom stereocenters. The Morgan fingerprint density at radius 2 is 2.33 bits per heavy atom. The Kier molecular flexibility index (Phi) is 2.69. The van der Waals surface area contributed by atoms with Gasteiger partial charge in [-0.15, -0.1) is 0 Å². The second-order valence-corrected chi connectivity index (χ2v) is 3.43. The van der Waals surface area contributed by atoms with Crippen LogP contribution < -0.4 is 11.1 Å². The number of hydrogen-bond acceptors (Lipinski definition) is 3. The van der Waals surface area contributed by atoms with Gasteiger partial charge >= 0.3 is 0 Å². The fraction of sp³-hybridized carbons (Fsp3) is 0.875. The first-order chi connectivity index (χ1) is 5.58. The maximum Gasteiger partial charge on any atom is 0.240 e. The highest BCUT2D eigenvalue weighted by Crippen LogP contribution is 2.31. The van der Waals surface area contributed by atoms with Crippen LogP contribution in [0.15, 0.2) is 0 Å². The minimum absolute atomic E-state index is 0.130. The first kappa shape index (κ1) is 9.48. The highest BCUT2D eigenvalue weighted by atomic mass is 16.3. The number of carbonyl (C=O) groups is 1. The van der Waals surface area contributed by atoms with E-state index < -0.39 is 11.6 Å². The maximum absolute atomic E-state index is 11.2. The Morgan fingerprint density at radius 3 is 2.75 bits per heavy atom. The highest BCUT2D eigenvalue weighted by molar-refractivity contribution is 5.88. The van der Waals surface area contributed by atoms with Gasteiger partial charge in [-0.25, -0.2) is 0 Å². The third kappa shape index (κ3) is 2.19. The van der Waals surface area contributed by atoms with Gasteiger partial charge in [0, 0.05) is 6.54 Å². The summed E-state index contributed by atoms with van der Waals surface area (Å²) in [5, 5.41) is 11.8. The van der Waals surface area contributed by atoms with Crippen LogP contribution in [0.3, 0.4) is 0 Å². The molecule has 0 saturated heterocycles. The molecule has 4 N–H and O–H groups in total. The van der Waals surface area contributed by atoms with Crippen molar-refractivity contribution < 1.29 is 9.90 Å². The molecular weight excluding hydrogens is 156 g/mol. The summed E-state index contributed by atoms with van der Waals surface area (Å²) in [7, 11) is 0. The summed E-state index contributed by atoms with van der Waals surface area (Å²) >= 11 is 0. The smallest absolute Gasteiger partial charge is 0.240 e. The van der Waals surface area contributed by atoms with Gasteiger partial charge in [0.05, 0.1) is 11.6 Å². The third-order valence-electron chi connectivity index (χ3n) is 2.21. The van der Waals surface area contributed by atoms with E-state index in [-0.39, 0.29) is 5.91 Å². The van der Waals surface area contributed by atoms with E-state index in [1.807, 2.05) is 6.92 Å². The van der Waals surface area contributed by atoms with Crippen molar-refractivity contribution in [3.8, 4) is 0 Å². The molecule has 1 unspecified atom stereocenters. The molecule has 0 aromatic carbocycles. The molecule has 1 saturated carbocycles. The average Bonchev–Trinajstić information content (AvgIpc) is 2.80. The van der Waals surface area contributed by atoms with E-state index in [1.54, 1.807) is 0 Å². The zero-order valence-corrected chi connectivity index (χ0v) is 7.34. The van der Waals surface area contributed by atoms with Crippen LogP contribution in [-0.2, 0) is 4.79 Å². The molecule has 1 rings (SSSR count). The molecule has 70 valence electrons. The molecule has 1 aliphatic carbocycles. The van der Waals surface area contributed by atoms with Crippen molar-refractivity contribution in [1.82, 2.24) is 5.32 Å². The molecule has 1 fully saturated rings. The Balaban J connectivity index is 2.19. The SMILES string of the molecule is CCC(O)CNC(=O)C1(N)CC1. The third-order valence-corrected chi connectivity index (χ3v) is 2.21. The number of carbonyl (C=O) groups excluding carboxylic acids is 1. The molecule has 0 spiro atoms. The van der Waals surface area contributed by atoms with E-state index in [1.165, 1.54) is 0 Å². The molecule has 0 bridgehead atoms. The molecule has 1 aliphatic rings. The number of aliphatic hydroxyl groups excluding tert-OH is 1. The highest BCUT2D eigenvalue weighted by Gasteiger charge is 2.45. The lowest BCUT2D eigenvalue weighted by atomic mass is 10.2. The lowest BCUT2D eigenvalue weighted by Crippen LogP contribution is -2.45. The Bertz CT molecular complexity index is 178.